The number of amides is 4. The maximum atomic E-state index is 12.8. The maximum Gasteiger partial charge on any atom is 0.407 e. The zero-order valence-electron chi connectivity index (χ0n) is 17.5. The normalized spacial score (nSPS) is 22.7. The Balaban J connectivity index is 1.26. The smallest absolute Gasteiger partial charge is 0.407 e. The van der Waals surface area contributed by atoms with Crippen molar-refractivity contribution < 1.29 is 24.3 Å². The highest BCUT2D eigenvalue weighted by Crippen LogP contribution is 2.30. The maximum absolute atomic E-state index is 12.8. The van der Waals surface area contributed by atoms with Crippen LogP contribution in [0.2, 0.25) is 0 Å². The van der Waals surface area contributed by atoms with Gasteiger partial charge in [-0.3, -0.25) is 20.5 Å². The molecule has 11 nitrogen and oxygen atoms in total. The van der Waals surface area contributed by atoms with Crippen LogP contribution in [0.1, 0.15) is 18.4 Å². The molecule has 3 aliphatic rings. The van der Waals surface area contributed by atoms with E-state index in [-0.39, 0.29) is 18.0 Å². The molecule has 0 unspecified atom stereocenters. The van der Waals surface area contributed by atoms with Gasteiger partial charge in [-0.1, -0.05) is 30.3 Å². The molecule has 2 atom stereocenters. The topological polar surface area (TPSA) is 118 Å². The van der Waals surface area contributed by atoms with Crippen molar-refractivity contribution in [1.29, 1.82) is 0 Å². The Morgan fingerprint density at radius 1 is 1.06 bits per heavy atom. The minimum atomic E-state index is -0.954. The molecule has 1 aromatic carbocycles. The molecule has 2 bridgehead atoms. The first-order chi connectivity index (χ1) is 15.4. The third-order valence-electron chi connectivity index (χ3n) is 5.97. The fraction of sp³-hybridized carbons (Fsp3) is 0.500. The van der Waals surface area contributed by atoms with Crippen LogP contribution in [-0.2, 0) is 16.2 Å². The molecule has 0 saturated carbocycles. The molecule has 0 radical (unpaired) electrons. The van der Waals surface area contributed by atoms with Crippen LogP contribution in [0.5, 0.6) is 0 Å². The van der Waals surface area contributed by atoms with Gasteiger partial charge in [-0.25, -0.2) is 9.59 Å². The van der Waals surface area contributed by atoms with Gasteiger partial charge in [-0.05, 0) is 30.6 Å². The van der Waals surface area contributed by atoms with Crippen LogP contribution < -0.4 is 10.9 Å². The molecule has 32 heavy (non-hydrogen) atoms. The monoisotopic (exact) mass is 462 g/mol. The summed E-state index contributed by atoms with van der Waals surface area (Å²) >= 11 is 5.31. The number of carbonyl (C=O) groups is 3. The number of nitrogens with one attached hydrogen (secondary N) is 2. The fourth-order valence-corrected chi connectivity index (χ4v) is 4.40. The lowest BCUT2D eigenvalue weighted by Crippen LogP contribution is -2.58. The first-order valence-electron chi connectivity index (χ1n) is 10.5. The van der Waals surface area contributed by atoms with E-state index in [4.69, 9.17) is 22.2 Å². The first kappa shape index (κ1) is 22.1. The van der Waals surface area contributed by atoms with Gasteiger partial charge >= 0.3 is 12.1 Å². The number of hydrogen-bond acceptors (Lipinski definition) is 5. The summed E-state index contributed by atoms with van der Waals surface area (Å²) in [4.78, 5) is 47.0. The number of thiocarbonyl (C=S) groups is 1. The van der Waals surface area contributed by atoms with Gasteiger partial charge in [0.25, 0.3) is 5.91 Å². The molecule has 1 aromatic rings. The molecular formula is C20H26N6O5S. The summed E-state index contributed by atoms with van der Waals surface area (Å²) in [5.74, 6) is -0.340. The summed E-state index contributed by atoms with van der Waals surface area (Å²) in [6, 6.07) is 8.61. The molecule has 4 amide bonds. The highest BCUT2D eigenvalue weighted by Gasteiger charge is 2.48. The van der Waals surface area contributed by atoms with Crippen molar-refractivity contribution in [3.63, 3.8) is 0 Å². The second-order valence-electron chi connectivity index (χ2n) is 7.94. The van der Waals surface area contributed by atoms with Gasteiger partial charge in [0.1, 0.15) is 12.6 Å². The van der Waals surface area contributed by atoms with Crippen molar-refractivity contribution in [1.82, 2.24) is 30.6 Å². The van der Waals surface area contributed by atoms with Gasteiger partial charge in [-0.15, -0.1) is 0 Å². The van der Waals surface area contributed by atoms with Crippen LogP contribution in [0.25, 0.3) is 0 Å². The predicted molar refractivity (Wildman–Crippen MR) is 117 cm³/mol. The summed E-state index contributed by atoms with van der Waals surface area (Å²) in [5, 5.41) is 10.7. The molecule has 0 aromatic heterocycles. The van der Waals surface area contributed by atoms with E-state index in [0.29, 0.717) is 57.3 Å². The van der Waals surface area contributed by atoms with Gasteiger partial charge < -0.3 is 19.8 Å². The molecule has 3 heterocycles. The lowest BCUT2D eigenvalue weighted by atomic mass is 10.0. The largest absolute Gasteiger partial charge is 0.465 e. The van der Waals surface area contributed by atoms with Crippen LogP contribution in [0, 0.1) is 0 Å². The summed E-state index contributed by atoms with van der Waals surface area (Å²) in [5.41, 5.74) is 6.30. The summed E-state index contributed by atoms with van der Waals surface area (Å²) in [6.45, 7) is 2.30. The fourth-order valence-electron chi connectivity index (χ4n) is 4.17. The standard InChI is InChI=1S/C20H26N6O5S/c27-17(21-22-18(32)23-8-10-24(11-9-23)20(29)30)16-7-6-15-12-25(16)19(28)26(15)31-13-14-4-2-1-3-5-14/h1-5,15-16H,6-13H2,(H,21,27)(H,22,32)(H,29,30)/t15-,16+/m1/s1. The Hall–Kier alpha value is -3.12. The number of nitrogens with zero attached hydrogens (tertiary/aromatic N) is 4. The SMILES string of the molecule is O=C(NNC(=S)N1CCN(C(=O)O)CC1)[C@@H]1CC[C@@H]2CN1C(=O)N2OCc1ccccc1. The minimum absolute atomic E-state index is 0.0742. The van der Waals surface area contributed by atoms with Crippen molar-refractivity contribution in [2.45, 2.75) is 31.5 Å². The molecule has 172 valence electrons. The van der Waals surface area contributed by atoms with Crippen molar-refractivity contribution in [3.05, 3.63) is 35.9 Å². The van der Waals surface area contributed by atoms with E-state index in [1.54, 1.807) is 4.90 Å². The number of hydrogen-bond donors (Lipinski definition) is 3. The number of rotatable bonds is 4. The second-order valence-corrected chi connectivity index (χ2v) is 8.33. The number of urea groups is 1. The zero-order chi connectivity index (χ0) is 22.7. The molecule has 3 fully saturated rings. The average Bonchev–Trinajstić information content (AvgIpc) is 3.05. The molecule has 3 N–H and O–H groups in total. The van der Waals surface area contributed by atoms with Crippen LogP contribution >= 0.6 is 12.2 Å². The van der Waals surface area contributed by atoms with Gasteiger partial charge in [0.15, 0.2) is 5.11 Å². The quantitative estimate of drug-likeness (QED) is 0.440. The van der Waals surface area contributed by atoms with Crippen LogP contribution in [0.3, 0.4) is 0 Å². The summed E-state index contributed by atoms with van der Waals surface area (Å²) < 4.78 is 0. The molecular weight excluding hydrogens is 436 g/mol. The molecule has 0 aliphatic carbocycles. The Morgan fingerprint density at radius 2 is 1.75 bits per heavy atom. The number of benzene rings is 1. The third kappa shape index (κ3) is 4.70. The van der Waals surface area contributed by atoms with E-state index >= 15 is 0 Å². The second kappa shape index (κ2) is 9.57. The van der Waals surface area contributed by atoms with Crippen molar-refractivity contribution in [2.24, 2.45) is 0 Å². The molecule has 3 aliphatic heterocycles. The van der Waals surface area contributed by atoms with Crippen LogP contribution in [0.4, 0.5) is 9.59 Å². The number of hydrazine groups is 1. The number of piperidine rings is 1. The van der Waals surface area contributed by atoms with E-state index in [9.17, 15) is 14.4 Å². The predicted octanol–water partition coefficient (Wildman–Crippen LogP) is 0.588. The van der Waals surface area contributed by atoms with Gasteiger partial charge in [0.2, 0.25) is 0 Å². The Labute approximate surface area is 190 Å². The highest BCUT2D eigenvalue weighted by atomic mass is 32.1. The van der Waals surface area contributed by atoms with Crippen LogP contribution in [-0.4, -0.2) is 92.8 Å². The Kier molecular flexibility index (Phi) is 6.61. The Morgan fingerprint density at radius 3 is 2.44 bits per heavy atom. The van der Waals surface area contributed by atoms with Gasteiger partial charge in [-0.2, -0.15) is 5.06 Å². The summed E-state index contributed by atoms with van der Waals surface area (Å²) in [6.07, 6.45) is 0.236. The number of fused-ring (bicyclic) bond motifs is 2. The summed E-state index contributed by atoms with van der Waals surface area (Å²) in [7, 11) is 0. The van der Waals surface area contributed by atoms with E-state index in [0.717, 1.165) is 5.56 Å². The molecule has 3 saturated heterocycles. The molecule has 0 spiro atoms. The average molecular weight is 463 g/mol. The van der Waals surface area contributed by atoms with Crippen molar-refractivity contribution >= 4 is 35.4 Å². The van der Waals surface area contributed by atoms with E-state index in [2.05, 4.69) is 10.9 Å². The third-order valence-corrected chi connectivity index (χ3v) is 6.33. The van der Waals surface area contributed by atoms with E-state index in [1.807, 2.05) is 30.3 Å². The van der Waals surface area contributed by atoms with Crippen molar-refractivity contribution in [2.75, 3.05) is 32.7 Å². The van der Waals surface area contributed by atoms with Gasteiger partial charge in [0.05, 0.1) is 6.04 Å². The molecule has 4 rings (SSSR count). The number of carboxylic acid groups (broad SMARTS) is 1. The Bertz CT molecular complexity index is 878. The highest BCUT2D eigenvalue weighted by molar-refractivity contribution is 7.80. The lowest BCUT2D eigenvalue weighted by Gasteiger charge is -2.35. The number of piperazine rings is 1. The lowest BCUT2D eigenvalue weighted by molar-refractivity contribution is -0.140. The van der Waals surface area contributed by atoms with E-state index in [1.165, 1.54) is 14.9 Å². The van der Waals surface area contributed by atoms with Gasteiger partial charge in [0, 0.05) is 32.7 Å². The number of hydroxylamine groups is 2. The first-order valence-corrected chi connectivity index (χ1v) is 10.9. The number of carbonyl (C=O) groups excluding carboxylic acids is 2. The van der Waals surface area contributed by atoms with E-state index < -0.39 is 12.1 Å². The molecule has 12 heteroatoms. The zero-order valence-corrected chi connectivity index (χ0v) is 18.3. The van der Waals surface area contributed by atoms with Crippen LogP contribution in [0.15, 0.2) is 30.3 Å². The van der Waals surface area contributed by atoms with Crippen molar-refractivity contribution in [3.8, 4) is 0 Å². The minimum Gasteiger partial charge on any atom is -0.465 e.